The summed E-state index contributed by atoms with van der Waals surface area (Å²) in [5.74, 6) is -0.187. The van der Waals surface area contributed by atoms with Gasteiger partial charge in [0.1, 0.15) is 0 Å². The number of sulfonamides is 1. The van der Waals surface area contributed by atoms with Crippen LogP contribution in [0.4, 0.5) is 5.69 Å². The first kappa shape index (κ1) is 17.3. The quantitative estimate of drug-likeness (QED) is 0.919. The van der Waals surface area contributed by atoms with Gasteiger partial charge in [0, 0.05) is 24.7 Å². The van der Waals surface area contributed by atoms with E-state index in [2.05, 4.69) is 4.72 Å². The van der Waals surface area contributed by atoms with E-state index in [1.807, 2.05) is 0 Å². The molecular weight excluding hydrogens is 336 g/mol. The zero-order chi connectivity index (χ0) is 17.2. The predicted molar refractivity (Wildman–Crippen MR) is 91.5 cm³/mol. The minimum atomic E-state index is -3.75. The Bertz CT molecular complexity index is 831. The van der Waals surface area contributed by atoms with E-state index in [0.29, 0.717) is 21.8 Å². The Hall–Kier alpha value is -2.05. The molecule has 122 valence electrons. The van der Waals surface area contributed by atoms with Crippen molar-refractivity contribution < 1.29 is 13.2 Å². The lowest BCUT2D eigenvalue weighted by molar-refractivity contribution is 0.0827. The van der Waals surface area contributed by atoms with Crippen LogP contribution in [0.2, 0.25) is 5.02 Å². The number of rotatable bonds is 4. The van der Waals surface area contributed by atoms with Crippen molar-refractivity contribution in [3.63, 3.8) is 0 Å². The standard InChI is InChI=1S/C16H17ClN2O3S/c1-11-14(17)5-4-6-15(11)18-23(21,22)13-9-7-12(8-10-13)16(20)19(2)3/h4-10,18H,1-3H3. The number of hydrogen-bond donors (Lipinski definition) is 1. The van der Waals surface area contributed by atoms with E-state index in [1.165, 1.54) is 29.2 Å². The van der Waals surface area contributed by atoms with Gasteiger partial charge in [-0.25, -0.2) is 8.42 Å². The molecule has 0 aliphatic rings. The molecule has 0 fully saturated rings. The van der Waals surface area contributed by atoms with Crippen LogP contribution in [0.5, 0.6) is 0 Å². The summed E-state index contributed by atoms with van der Waals surface area (Å²) in [4.78, 5) is 13.3. The van der Waals surface area contributed by atoms with E-state index in [1.54, 1.807) is 39.2 Å². The van der Waals surface area contributed by atoms with Crippen LogP contribution in [0, 0.1) is 6.92 Å². The van der Waals surface area contributed by atoms with Gasteiger partial charge >= 0.3 is 0 Å². The van der Waals surface area contributed by atoms with Gasteiger partial charge < -0.3 is 4.90 Å². The van der Waals surface area contributed by atoms with Gasteiger partial charge in [-0.15, -0.1) is 0 Å². The van der Waals surface area contributed by atoms with E-state index < -0.39 is 10.0 Å². The molecule has 0 aliphatic heterocycles. The van der Waals surface area contributed by atoms with Crippen LogP contribution >= 0.6 is 11.6 Å². The van der Waals surface area contributed by atoms with Gasteiger partial charge in [0.2, 0.25) is 0 Å². The largest absolute Gasteiger partial charge is 0.345 e. The molecule has 0 heterocycles. The van der Waals surface area contributed by atoms with E-state index in [0.717, 1.165) is 0 Å². The number of halogens is 1. The average Bonchev–Trinajstić information content (AvgIpc) is 2.51. The molecule has 7 heteroatoms. The summed E-state index contributed by atoms with van der Waals surface area (Å²) < 4.78 is 27.4. The Morgan fingerprint density at radius 1 is 1.09 bits per heavy atom. The maximum absolute atomic E-state index is 12.4. The Morgan fingerprint density at radius 2 is 1.70 bits per heavy atom. The maximum Gasteiger partial charge on any atom is 0.261 e. The summed E-state index contributed by atoms with van der Waals surface area (Å²) in [6.45, 7) is 1.74. The predicted octanol–water partition coefficient (Wildman–Crippen LogP) is 3.15. The Morgan fingerprint density at radius 3 is 2.26 bits per heavy atom. The Kier molecular flexibility index (Phi) is 4.97. The number of benzene rings is 2. The van der Waals surface area contributed by atoms with Crippen LogP contribution in [-0.2, 0) is 10.0 Å². The first-order chi connectivity index (χ1) is 10.7. The molecule has 0 unspecified atom stereocenters. The molecule has 0 bridgehead atoms. The van der Waals surface area contributed by atoms with Gasteiger partial charge in [-0.2, -0.15) is 0 Å². The second-order valence-electron chi connectivity index (χ2n) is 5.24. The molecule has 0 radical (unpaired) electrons. The Labute approximate surface area is 140 Å². The molecule has 2 rings (SSSR count). The van der Waals surface area contributed by atoms with Crippen molar-refractivity contribution in [3.8, 4) is 0 Å². The fourth-order valence-electron chi connectivity index (χ4n) is 1.96. The lowest BCUT2D eigenvalue weighted by atomic mass is 10.2. The molecule has 23 heavy (non-hydrogen) atoms. The number of nitrogens with zero attached hydrogens (tertiary/aromatic N) is 1. The molecule has 2 aromatic rings. The third-order valence-corrected chi connectivity index (χ3v) is 5.12. The van der Waals surface area contributed by atoms with Crippen LogP contribution in [0.25, 0.3) is 0 Å². The summed E-state index contributed by atoms with van der Waals surface area (Å²) in [6.07, 6.45) is 0. The van der Waals surface area contributed by atoms with E-state index in [-0.39, 0.29) is 10.8 Å². The van der Waals surface area contributed by atoms with Gasteiger partial charge in [-0.3, -0.25) is 9.52 Å². The number of nitrogens with one attached hydrogen (secondary N) is 1. The molecular formula is C16H17ClN2O3S. The third-order valence-electron chi connectivity index (χ3n) is 3.33. The van der Waals surface area contributed by atoms with E-state index in [9.17, 15) is 13.2 Å². The van der Waals surface area contributed by atoms with Gasteiger partial charge in [0.25, 0.3) is 15.9 Å². The molecule has 0 aromatic heterocycles. The highest BCUT2D eigenvalue weighted by Crippen LogP contribution is 2.25. The highest BCUT2D eigenvalue weighted by molar-refractivity contribution is 7.92. The topological polar surface area (TPSA) is 66.5 Å². The molecule has 2 aromatic carbocycles. The zero-order valence-corrected chi connectivity index (χ0v) is 14.6. The number of amides is 1. The van der Waals surface area contributed by atoms with Crippen LogP contribution in [0.1, 0.15) is 15.9 Å². The first-order valence-electron chi connectivity index (χ1n) is 6.82. The fraction of sp³-hybridized carbons (Fsp3) is 0.188. The summed E-state index contributed by atoms with van der Waals surface area (Å²) in [6, 6.07) is 10.8. The molecule has 0 saturated heterocycles. The monoisotopic (exact) mass is 352 g/mol. The highest BCUT2D eigenvalue weighted by atomic mass is 35.5. The van der Waals surface area contributed by atoms with Crippen molar-refractivity contribution in [2.45, 2.75) is 11.8 Å². The molecule has 1 amide bonds. The van der Waals surface area contributed by atoms with Crippen molar-refractivity contribution in [1.82, 2.24) is 4.90 Å². The Balaban J connectivity index is 2.30. The van der Waals surface area contributed by atoms with Gasteiger partial charge in [-0.1, -0.05) is 17.7 Å². The number of hydrogen-bond acceptors (Lipinski definition) is 3. The van der Waals surface area contributed by atoms with Gasteiger partial charge in [0.15, 0.2) is 0 Å². The van der Waals surface area contributed by atoms with Crippen LogP contribution < -0.4 is 4.72 Å². The molecule has 0 aliphatic carbocycles. The minimum Gasteiger partial charge on any atom is -0.345 e. The SMILES string of the molecule is Cc1c(Cl)cccc1NS(=O)(=O)c1ccc(C(=O)N(C)C)cc1. The van der Waals surface area contributed by atoms with Gasteiger partial charge in [-0.05, 0) is 48.9 Å². The highest BCUT2D eigenvalue weighted by Gasteiger charge is 2.17. The second-order valence-corrected chi connectivity index (χ2v) is 7.33. The fourth-order valence-corrected chi connectivity index (χ4v) is 3.25. The maximum atomic E-state index is 12.4. The summed E-state index contributed by atoms with van der Waals surface area (Å²) in [5.41, 5.74) is 1.50. The first-order valence-corrected chi connectivity index (χ1v) is 8.68. The van der Waals surface area contributed by atoms with Crippen LogP contribution in [0.3, 0.4) is 0 Å². The van der Waals surface area contributed by atoms with Crippen molar-refractivity contribution in [3.05, 3.63) is 58.6 Å². The van der Waals surface area contributed by atoms with Crippen molar-refractivity contribution in [2.75, 3.05) is 18.8 Å². The van der Waals surface area contributed by atoms with Crippen molar-refractivity contribution in [2.24, 2.45) is 0 Å². The van der Waals surface area contributed by atoms with Crippen LogP contribution in [-0.4, -0.2) is 33.3 Å². The number of anilines is 1. The zero-order valence-electron chi connectivity index (χ0n) is 13.0. The molecule has 1 N–H and O–H groups in total. The van der Waals surface area contributed by atoms with Crippen LogP contribution in [0.15, 0.2) is 47.4 Å². The lowest BCUT2D eigenvalue weighted by Gasteiger charge is -2.13. The normalized spacial score (nSPS) is 11.1. The molecule has 0 saturated carbocycles. The summed E-state index contributed by atoms with van der Waals surface area (Å²) in [5, 5.41) is 0.483. The summed E-state index contributed by atoms with van der Waals surface area (Å²) in [7, 11) is -0.478. The third kappa shape index (κ3) is 3.83. The minimum absolute atomic E-state index is 0.0761. The smallest absolute Gasteiger partial charge is 0.261 e. The molecule has 0 spiro atoms. The van der Waals surface area contributed by atoms with E-state index >= 15 is 0 Å². The molecule has 0 atom stereocenters. The number of carbonyl (C=O) groups is 1. The lowest BCUT2D eigenvalue weighted by Crippen LogP contribution is -2.21. The molecule has 5 nitrogen and oxygen atoms in total. The average molecular weight is 353 g/mol. The summed E-state index contributed by atoms with van der Waals surface area (Å²) >= 11 is 6.00. The van der Waals surface area contributed by atoms with Crippen molar-refractivity contribution >= 4 is 33.2 Å². The van der Waals surface area contributed by atoms with Gasteiger partial charge in [0.05, 0.1) is 10.6 Å². The second kappa shape index (κ2) is 6.60. The van der Waals surface area contributed by atoms with Crippen molar-refractivity contribution in [1.29, 1.82) is 0 Å². The van der Waals surface area contributed by atoms with E-state index in [4.69, 9.17) is 11.6 Å². The number of carbonyl (C=O) groups excluding carboxylic acids is 1.